The molecule has 0 spiro atoms. The van der Waals surface area contributed by atoms with E-state index in [-0.39, 0.29) is 31.6 Å². The predicted molar refractivity (Wildman–Crippen MR) is 203 cm³/mol. The van der Waals surface area contributed by atoms with Gasteiger partial charge in [0.1, 0.15) is 17.4 Å². The van der Waals surface area contributed by atoms with E-state index in [4.69, 9.17) is 9.84 Å². The maximum atomic E-state index is 13.6. The van der Waals surface area contributed by atoms with E-state index in [0.29, 0.717) is 54.2 Å². The van der Waals surface area contributed by atoms with Gasteiger partial charge in [0.05, 0.1) is 19.8 Å². The Balaban J connectivity index is 1.16. The van der Waals surface area contributed by atoms with E-state index in [2.05, 4.69) is 31.2 Å². The molecule has 0 radical (unpaired) electrons. The maximum Gasteiger partial charge on any atom is 0.325 e. The lowest BCUT2D eigenvalue weighted by Gasteiger charge is -2.18. The van der Waals surface area contributed by atoms with Gasteiger partial charge in [0, 0.05) is 43.4 Å². The van der Waals surface area contributed by atoms with Crippen molar-refractivity contribution in [2.45, 2.75) is 77.4 Å². The molecule has 0 aliphatic heterocycles. The summed E-state index contributed by atoms with van der Waals surface area (Å²) in [6, 6.07) is 14.4. The summed E-state index contributed by atoms with van der Waals surface area (Å²) in [6.45, 7) is 6.93. The number of hydrogen-bond donors (Lipinski definition) is 6. The fourth-order valence-corrected chi connectivity index (χ4v) is 6.59. The molecule has 1 atom stereocenters. The summed E-state index contributed by atoms with van der Waals surface area (Å²) >= 11 is 0. The first-order valence-electron chi connectivity index (χ1n) is 18.3. The van der Waals surface area contributed by atoms with Crippen LogP contribution in [0.5, 0.6) is 0 Å². The van der Waals surface area contributed by atoms with Crippen LogP contribution < -0.4 is 21.3 Å². The van der Waals surface area contributed by atoms with E-state index in [0.717, 1.165) is 70.2 Å². The largest absolute Gasteiger partial charge is 0.465 e. The van der Waals surface area contributed by atoms with E-state index in [1.807, 2.05) is 62.4 Å². The van der Waals surface area contributed by atoms with Gasteiger partial charge in [-0.05, 0) is 127 Å². The minimum absolute atomic E-state index is 0.0611. The summed E-state index contributed by atoms with van der Waals surface area (Å²) in [5.41, 5.74) is 9.60. The fourth-order valence-electron chi connectivity index (χ4n) is 6.59. The van der Waals surface area contributed by atoms with Crippen molar-refractivity contribution in [3.8, 4) is 11.1 Å². The highest BCUT2D eigenvalue weighted by molar-refractivity contribution is 6.05. The summed E-state index contributed by atoms with van der Waals surface area (Å²) in [5, 5.41) is 31.2. The number of amides is 2. The molecular weight excluding hydrogens is 672 g/mol. The minimum atomic E-state index is -0.845. The first-order valence-corrected chi connectivity index (χ1v) is 18.3. The highest BCUT2D eigenvalue weighted by Gasteiger charge is 2.29. The van der Waals surface area contributed by atoms with Crippen molar-refractivity contribution >= 4 is 29.2 Å². The van der Waals surface area contributed by atoms with Crippen LogP contribution >= 0.6 is 0 Å². The Morgan fingerprint density at radius 3 is 1.75 bits per heavy atom. The number of nitrogens with zero attached hydrogens (tertiary/aromatic N) is 2. The molecule has 2 amide bonds. The SMILES string of the molecule is CCOC(=O)[C@H](CO)NCc1cnc(C(=O)Nc2cccc(-c3cccc(NC(=O)c4cc(C5CC5)c(CNCCO)cn4)c3C)c2C)cc1C1CC1. The van der Waals surface area contributed by atoms with Crippen LogP contribution in [0.2, 0.25) is 0 Å². The van der Waals surface area contributed by atoms with Crippen LogP contribution in [0, 0.1) is 13.8 Å². The molecule has 2 fully saturated rings. The van der Waals surface area contributed by atoms with Crippen LogP contribution in [-0.4, -0.2) is 70.4 Å². The number of carbonyl (C=O) groups is 3. The van der Waals surface area contributed by atoms with Crippen molar-refractivity contribution in [1.29, 1.82) is 0 Å². The number of aromatic nitrogens is 2. The molecule has 4 aromatic rings. The third-order valence-corrected chi connectivity index (χ3v) is 9.90. The highest BCUT2D eigenvalue weighted by atomic mass is 16.5. The number of rotatable bonds is 17. The Labute approximate surface area is 309 Å². The van der Waals surface area contributed by atoms with Gasteiger partial charge < -0.3 is 30.9 Å². The quantitative estimate of drug-likeness (QED) is 0.0635. The number of benzene rings is 2. The van der Waals surface area contributed by atoms with E-state index in [1.54, 1.807) is 19.3 Å². The first kappa shape index (κ1) is 37.7. The molecule has 12 nitrogen and oxygen atoms in total. The second-order valence-corrected chi connectivity index (χ2v) is 13.7. The average Bonchev–Trinajstić information content (AvgIpc) is 4.09. The third kappa shape index (κ3) is 9.14. The van der Waals surface area contributed by atoms with E-state index >= 15 is 0 Å². The van der Waals surface area contributed by atoms with Crippen molar-refractivity contribution in [2.24, 2.45) is 0 Å². The van der Waals surface area contributed by atoms with Crippen molar-refractivity contribution in [3.05, 3.63) is 106 Å². The molecule has 2 saturated carbocycles. The van der Waals surface area contributed by atoms with Crippen molar-refractivity contribution in [1.82, 2.24) is 20.6 Å². The molecule has 0 unspecified atom stereocenters. The molecule has 0 bridgehead atoms. The van der Waals surface area contributed by atoms with Gasteiger partial charge in [-0.15, -0.1) is 0 Å². The molecule has 2 aromatic heterocycles. The molecule has 2 heterocycles. The number of ether oxygens (including phenoxy) is 1. The van der Waals surface area contributed by atoms with Crippen molar-refractivity contribution in [3.63, 3.8) is 0 Å². The minimum Gasteiger partial charge on any atom is -0.465 e. The second-order valence-electron chi connectivity index (χ2n) is 13.7. The van der Waals surface area contributed by atoms with Gasteiger partial charge in [0.15, 0.2) is 0 Å². The number of carbonyl (C=O) groups excluding carboxylic acids is 3. The number of anilines is 2. The molecule has 2 aromatic carbocycles. The van der Waals surface area contributed by atoms with Crippen molar-refractivity contribution < 1.29 is 29.3 Å². The number of aliphatic hydroxyl groups is 2. The van der Waals surface area contributed by atoms with Crippen LogP contribution in [0.1, 0.15) is 98.8 Å². The van der Waals surface area contributed by atoms with Crippen LogP contribution in [0.4, 0.5) is 11.4 Å². The molecule has 278 valence electrons. The zero-order valence-corrected chi connectivity index (χ0v) is 30.5. The zero-order valence-electron chi connectivity index (χ0n) is 30.5. The van der Waals surface area contributed by atoms with E-state index < -0.39 is 12.0 Å². The van der Waals surface area contributed by atoms with Crippen LogP contribution in [0.25, 0.3) is 11.1 Å². The smallest absolute Gasteiger partial charge is 0.325 e. The molecule has 2 aliphatic rings. The monoisotopic (exact) mass is 720 g/mol. The summed E-state index contributed by atoms with van der Waals surface area (Å²) in [4.78, 5) is 48.1. The molecule has 53 heavy (non-hydrogen) atoms. The third-order valence-electron chi connectivity index (χ3n) is 9.90. The summed E-state index contributed by atoms with van der Waals surface area (Å²) in [6.07, 6.45) is 7.61. The topological polar surface area (TPSA) is 175 Å². The molecular formula is C41H48N6O6. The Hall–Kier alpha value is -5.01. The van der Waals surface area contributed by atoms with Crippen LogP contribution in [0.3, 0.4) is 0 Å². The molecule has 6 rings (SSSR count). The number of esters is 1. The van der Waals surface area contributed by atoms with Crippen molar-refractivity contribution in [2.75, 3.05) is 37.0 Å². The molecule has 6 N–H and O–H groups in total. The Morgan fingerprint density at radius 2 is 1.30 bits per heavy atom. The van der Waals surface area contributed by atoms with Gasteiger partial charge in [0.2, 0.25) is 0 Å². The van der Waals surface area contributed by atoms with Crippen LogP contribution in [0.15, 0.2) is 60.9 Å². The number of hydrogen-bond acceptors (Lipinski definition) is 10. The average molecular weight is 721 g/mol. The summed E-state index contributed by atoms with van der Waals surface area (Å²) < 4.78 is 5.04. The number of aliphatic hydroxyl groups excluding tert-OH is 2. The van der Waals surface area contributed by atoms with Gasteiger partial charge in [0.25, 0.3) is 11.8 Å². The summed E-state index contributed by atoms with van der Waals surface area (Å²) in [5.74, 6) is -0.392. The Kier molecular flexibility index (Phi) is 12.3. The van der Waals surface area contributed by atoms with Gasteiger partial charge in [-0.1, -0.05) is 24.3 Å². The second kappa shape index (κ2) is 17.2. The lowest BCUT2D eigenvalue weighted by Crippen LogP contribution is -2.40. The van der Waals surface area contributed by atoms with Gasteiger partial charge in [-0.25, -0.2) is 0 Å². The van der Waals surface area contributed by atoms with Gasteiger partial charge in [-0.3, -0.25) is 29.7 Å². The summed E-state index contributed by atoms with van der Waals surface area (Å²) in [7, 11) is 0. The molecule has 2 aliphatic carbocycles. The Bertz CT molecular complexity index is 1970. The zero-order chi connectivity index (χ0) is 37.5. The standard InChI is InChI=1S/C41H48N6O6/c1-4-53-41(52)38(23-49)45-22-29-21-44-37(18-33(29)27-13-14-27)40(51)47-35-10-6-8-31(25(35)3)30-7-5-9-34(24(30)2)46-39(50)36-17-32(26-11-12-26)28(20-43-36)19-42-15-16-48/h5-10,17-18,20-21,26-27,38,42,45,48-49H,4,11-16,19,22-23H2,1-3H3,(H,46,50)(H,47,51)/t38-/m0/s1. The first-order chi connectivity index (χ1) is 25.7. The number of nitrogens with one attached hydrogen (secondary N) is 4. The Morgan fingerprint density at radius 1 is 0.792 bits per heavy atom. The predicted octanol–water partition coefficient (Wildman–Crippen LogP) is 5.12. The van der Waals surface area contributed by atoms with E-state index in [9.17, 15) is 19.5 Å². The molecule has 0 saturated heterocycles. The van der Waals surface area contributed by atoms with E-state index in [1.165, 1.54) is 0 Å². The highest BCUT2D eigenvalue weighted by Crippen LogP contribution is 2.43. The normalized spacial score (nSPS) is 14.4. The van der Waals surface area contributed by atoms with Crippen LogP contribution in [-0.2, 0) is 22.6 Å². The fraction of sp³-hybridized carbons (Fsp3) is 0.390. The lowest BCUT2D eigenvalue weighted by molar-refractivity contribution is -0.146. The van der Waals surface area contributed by atoms with Gasteiger partial charge >= 0.3 is 5.97 Å². The van der Waals surface area contributed by atoms with Gasteiger partial charge in [-0.2, -0.15) is 0 Å². The molecule has 12 heteroatoms. The number of pyridine rings is 2. The maximum absolute atomic E-state index is 13.6. The lowest BCUT2D eigenvalue weighted by atomic mass is 9.94.